The van der Waals surface area contributed by atoms with Crippen molar-refractivity contribution in [3.8, 4) is 0 Å². The van der Waals surface area contributed by atoms with Gasteiger partial charge in [-0.2, -0.15) is 0 Å². The van der Waals surface area contributed by atoms with E-state index in [2.05, 4.69) is 5.32 Å². The van der Waals surface area contributed by atoms with Crippen molar-refractivity contribution in [1.82, 2.24) is 5.32 Å². The van der Waals surface area contributed by atoms with E-state index < -0.39 is 23.7 Å². The molecule has 0 spiro atoms. The summed E-state index contributed by atoms with van der Waals surface area (Å²) in [5.74, 6) is -1.30. The molecule has 1 N–H and O–H groups in total. The summed E-state index contributed by atoms with van der Waals surface area (Å²) in [5, 5.41) is 3.19. The van der Waals surface area contributed by atoms with Crippen LogP contribution >= 0.6 is 11.6 Å². The van der Waals surface area contributed by atoms with Gasteiger partial charge in [-0.3, -0.25) is 9.59 Å². The summed E-state index contributed by atoms with van der Waals surface area (Å²) >= 11 is 6.18. The van der Waals surface area contributed by atoms with Crippen LogP contribution in [-0.4, -0.2) is 18.5 Å². The van der Waals surface area contributed by atoms with Crippen LogP contribution in [0.15, 0.2) is 48.5 Å². The van der Waals surface area contributed by atoms with E-state index in [1.54, 1.807) is 31.2 Å². The zero-order valence-corrected chi connectivity index (χ0v) is 13.8. The number of halogens is 2. The van der Waals surface area contributed by atoms with E-state index in [0.29, 0.717) is 10.6 Å². The molecule has 126 valence electrons. The van der Waals surface area contributed by atoms with Crippen LogP contribution in [0.3, 0.4) is 0 Å². The lowest BCUT2D eigenvalue weighted by Gasteiger charge is -2.19. The van der Waals surface area contributed by atoms with E-state index in [9.17, 15) is 14.0 Å². The van der Waals surface area contributed by atoms with E-state index in [4.69, 9.17) is 16.3 Å². The molecule has 24 heavy (non-hydrogen) atoms. The van der Waals surface area contributed by atoms with Crippen molar-refractivity contribution in [1.29, 1.82) is 0 Å². The van der Waals surface area contributed by atoms with Gasteiger partial charge in [-0.1, -0.05) is 29.8 Å². The summed E-state index contributed by atoms with van der Waals surface area (Å²) in [6, 6.07) is 11.4. The van der Waals surface area contributed by atoms with Crippen molar-refractivity contribution >= 4 is 23.5 Å². The molecule has 0 fully saturated rings. The van der Waals surface area contributed by atoms with Gasteiger partial charge in [0.15, 0.2) is 0 Å². The number of hydrogen-bond acceptors (Lipinski definition) is 3. The van der Waals surface area contributed by atoms with Crippen molar-refractivity contribution in [3.63, 3.8) is 0 Å². The van der Waals surface area contributed by atoms with Crippen LogP contribution in [0, 0.1) is 5.82 Å². The third-order valence-corrected chi connectivity index (χ3v) is 3.71. The highest BCUT2D eigenvalue weighted by molar-refractivity contribution is 6.31. The third-order valence-electron chi connectivity index (χ3n) is 3.37. The first-order valence-corrected chi connectivity index (χ1v) is 7.85. The minimum Gasteiger partial charge on any atom is -0.466 e. The van der Waals surface area contributed by atoms with E-state index in [-0.39, 0.29) is 18.6 Å². The molecule has 4 nitrogen and oxygen atoms in total. The molecule has 0 unspecified atom stereocenters. The molecule has 0 aliphatic heterocycles. The van der Waals surface area contributed by atoms with Crippen LogP contribution in [0.25, 0.3) is 0 Å². The topological polar surface area (TPSA) is 55.4 Å². The minimum absolute atomic E-state index is 0.0511. The standard InChI is InChI=1S/C18H17ClFNO3/c1-2-24-17(22)11-16(14-5-3-4-6-15(14)19)21-18(23)12-7-9-13(20)10-8-12/h3-10,16H,2,11H2,1H3,(H,21,23)/t16-/m1/s1. The number of carbonyl (C=O) groups excluding carboxylic acids is 2. The lowest BCUT2D eigenvalue weighted by molar-refractivity contribution is -0.143. The summed E-state index contributed by atoms with van der Waals surface area (Å²) < 4.78 is 17.9. The molecule has 2 aromatic rings. The van der Waals surface area contributed by atoms with Crippen LogP contribution in [0.4, 0.5) is 4.39 Å². The van der Waals surface area contributed by atoms with Crippen molar-refractivity contribution < 1.29 is 18.7 Å². The summed E-state index contributed by atoms with van der Waals surface area (Å²) in [5.41, 5.74) is 0.903. The van der Waals surface area contributed by atoms with Crippen LogP contribution in [0.1, 0.15) is 35.3 Å². The second-order valence-electron chi connectivity index (χ2n) is 5.06. The number of nitrogens with one attached hydrogen (secondary N) is 1. The molecule has 2 rings (SSSR count). The Morgan fingerprint density at radius 3 is 2.46 bits per heavy atom. The van der Waals surface area contributed by atoms with Gasteiger partial charge in [-0.25, -0.2) is 4.39 Å². The average molecular weight is 350 g/mol. The molecule has 0 aliphatic rings. The quantitative estimate of drug-likeness (QED) is 0.805. The highest BCUT2D eigenvalue weighted by atomic mass is 35.5. The Bertz CT molecular complexity index is 718. The van der Waals surface area contributed by atoms with E-state index in [1.807, 2.05) is 0 Å². The molecule has 0 saturated carbocycles. The predicted molar refractivity (Wildman–Crippen MR) is 89.3 cm³/mol. The van der Waals surface area contributed by atoms with Gasteiger partial charge in [0.2, 0.25) is 0 Å². The second-order valence-corrected chi connectivity index (χ2v) is 5.47. The van der Waals surface area contributed by atoms with E-state index in [0.717, 1.165) is 0 Å². The Morgan fingerprint density at radius 1 is 1.17 bits per heavy atom. The maximum atomic E-state index is 13.0. The first-order valence-electron chi connectivity index (χ1n) is 7.47. The Morgan fingerprint density at radius 2 is 1.83 bits per heavy atom. The first-order chi connectivity index (χ1) is 11.5. The van der Waals surface area contributed by atoms with Gasteiger partial charge in [0.1, 0.15) is 5.82 Å². The predicted octanol–water partition coefficient (Wildman–Crippen LogP) is 3.90. The highest BCUT2D eigenvalue weighted by Gasteiger charge is 2.22. The number of rotatable bonds is 6. The van der Waals surface area contributed by atoms with E-state index >= 15 is 0 Å². The molecule has 0 heterocycles. The largest absolute Gasteiger partial charge is 0.466 e. The smallest absolute Gasteiger partial charge is 0.308 e. The fourth-order valence-corrected chi connectivity index (χ4v) is 2.49. The highest BCUT2D eigenvalue weighted by Crippen LogP contribution is 2.26. The Hall–Kier alpha value is -2.40. The monoisotopic (exact) mass is 349 g/mol. The number of esters is 1. The van der Waals surface area contributed by atoms with Crippen LogP contribution in [0.2, 0.25) is 5.02 Å². The Kier molecular flexibility index (Phi) is 6.32. The van der Waals surface area contributed by atoms with Gasteiger partial charge in [-0.15, -0.1) is 0 Å². The lowest BCUT2D eigenvalue weighted by atomic mass is 10.0. The molecule has 0 saturated heterocycles. The zero-order valence-electron chi connectivity index (χ0n) is 13.1. The summed E-state index contributed by atoms with van der Waals surface area (Å²) in [4.78, 5) is 24.2. The van der Waals surface area contributed by atoms with Crippen molar-refractivity contribution in [2.75, 3.05) is 6.61 Å². The van der Waals surface area contributed by atoms with E-state index in [1.165, 1.54) is 24.3 Å². The van der Waals surface area contributed by atoms with Gasteiger partial charge in [-0.05, 0) is 42.8 Å². The average Bonchev–Trinajstić information content (AvgIpc) is 2.55. The SMILES string of the molecule is CCOC(=O)C[C@@H](NC(=O)c1ccc(F)cc1)c1ccccc1Cl. The summed E-state index contributed by atoms with van der Waals surface area (Å²) in [7, 11) is 0. The van der Waals surface area contributed by atoms with Crippen LogP contribution < -0.4 is 5.32 Å². The third kappa shape index (κ3) is 4.80. The van der Waals surface area contributed by atoms with Crippen LogP contribution in [0.5, 0.6) is 0 Å². The first kappa shape index (κ1) is 17.9. The fourth-order valence-electron chi connectivity index (χ4n) is 2.23. The maximum Gasteiger partial charge on any atom is 0.308 e. The van der Waals surface area contributed by atoms with Gasteiger partial charge in [0.05, 0.1) is 19.1 Å². The minimum atomic E-state index is -0.643. The van der Waals surface area contributed by atoms with Gasteiger partial charge < -0.3 is 10.1 Å². The molecular formula is C18H17ClFNO3. The van der Waals surface area contributed by atoms with Gasteiger partial charge >= 0.3 is 5.97 Å². The Balaban J connectivity index is 2.22. The molecule has 0 bridgehead atoms. The van der Waals surface area contributed by atoms with Gasteiger partial charge in [0.25, 0.3) is 5.91 Å². The molecule has 2 aromatic carbocycles. The normalized spacial score (nSPS) is 11.6. The van der Waals surface area contributed by atoms with Crippen LogP contribution in [-0.2, 0) is 9.53 Å². The molecule has 1 atom stereocenters. The lowest BCUT2D eigenvalue weighted by Crippen LogP contribution is -2.30. The summed E-state index contributed by atoms with van der Waals surface area (Å²) in [6.07, 6.45) is -0.0511. The molecule has 0 radical (unpaired) electrons. The number of amides is 1. The van der Waals surface area contributed by atoms with Gasteiger partial charge in [0, 0.05) is 10.6 Å². The number of carbonyl (C=O) groups is 2. The fraction of sp³-hybridized carbons (Fsp3) is 0.222. The second kappa shape index (κ2) is 8.45. The molecule has 1 amide bonds. The van der Waals surface area contributed by atoms with Crippen molar-refractivity contribution in [2.24, 2.45) is 0 Å². The molecule has 0 aliphatic carbocycles. The molecule has 6 heteroatoms. The number of ether oxygens (including phenoxy) is 1. The number of hydrogen-bond donors (Lipinski definition) is 1. The summed E-state index contributed by atoms with van der Waals surface area (Å²) in [6.45, 7) is 1.96. The maximum absolute atomic E-state index is 13.0. The van der Waals surface area contributed by atoms with Crippen molar-refractivity contribution in [3.05, 3.63) is 70.5 Å². The molecular weight excluding hydrogens is 333 g/mol. The zero-order chi connectivity index (χ0) is 17.5. The number of benzene rings is 2. The Labute approximate surface area is 144 Å². The van der Waals surface area contributed by atoms with Crippen molar-refractivity contribution in [2.45, 2.75) is 19.4 Å². The molecule has 0 aromatic heterocycles.